The Morgan fingerprint density at radius 3 is 2.04 bits per heavy atom. The molecule has 0 saturated carbocycles. The zero-order valence-electron chi connectivity index (χ0n) is 15.7. The average molecular weight is 417 g/mol. The van der Waals surface area contributed by atoms with Gasteiger partial charge < -0.3 is 15.4 Å². The molecule has 0 bridgehead atoms. The number of carbonyl (C=O) groups is 1. The molecule has 0 heterocycles. The average Bonchev–Trinajstić information content (AvgIpc) is 2.63. The van der Waals surface area contributed by atoms with E-state index in [1.165, 1.54) is 12.1 Å². The summed E-state index contributed by atoms with van der Waals surface area (Å²) in [6, 6.07) is 13.2. The van der Waals surface area contributed by atoms with Gasteiger partial charge in [0.05, 0.1) is 6.04 Å². The molecule has 0 spiro atoms. The molecule has 1 atom stereocenters. The number of halogens is 4. The standard InChI is InChI=1S/C20H23F3N2O2.ClH/c1-3-18(24-2)19(26)25-13-12-14-4-6-15(7-5-14)16-8-10-17(11-9-16)27-20(21,22)23;/h4-11,18,24H,3,12-13H2,1-2H3,(H,25,26);1H/t18-;/m0./s1. The fourth-order valence-electron chi connectivity index (χ4n) is 2.69. The van der Waals surface area contributed by atoms with Crippen molar-refractivity contribution in [1.82, 2.24) is 10.6 Å². The van der Waals surface area contributed by atoms with Crippen molar-refractivity contribution in [2.45, 2.75) is 32.2 Å². The van der Waals surface area contributed by atoms with E-state index in [-0.39, 0.29) is 30.1 Å². The van der Waals surface area contributed by atoms with Crippen molar-refractivity contribution in [3.05, 3.63) is 54.1 Å². The third-order valence-corrected chi connectivity index (χ3v) is 4.16. The highest BCUT2D eigenvalue weighted by Crippen LogP contribution is 2.26. The van der Waals surface area contributed by atoms with Crippen molar-refractivity contribution >= 4 is 18.3 Å². The summed E-state index contributed by atoms with van der Waals surface area (Å²) in [5, 5.41) is 5.86. The second kappa shape index (κ2) is 10.9. The van der Waals surface area contributed by atoms with Gasteiger partial charge in [0.2, 0.25) is 5.91 Å². The first-order valence-electron chi connectivity index (χ1n) is 8.72. The first-order chi connectivity index (χ1) is 12.8. The van der Waals surface area contributed by atoms with Gasteiger partial charge in [-0.2, -0.15) is 0 Å². The van der Waals surface area contributed by atoms with Crippen LogP contribution >= 0.6 is 12.4 Å². The van der Waals surface area contributed by atoms with E-state index in [1.54, 1.807) is 19.2 Å². The van der Waals surface area contributed by atoms with Gasteiger partial charge in [0.15, 0.2) is 0 Å². The van der Waals surface area contributed by atoms with E-state index in [2.05, 4.69) is 15.4 Å². The molecule has 8 heteroatoms. The molecule has 4 nitrogen and oxygen atoms in total. The molecule has 2 aromatic carbocycles. The number of likely N-dealkylation sites (N-methyl/N-ethyl adjacent to an activating group) is 1. The van der Waals surface area contributed by atoms with Crippen LogP contribution in [0.5, 0.6) is 5.75 Å². The normalized spacial score (nSPS) is 12.0. The minimum Gasteiger partial charge on any atom is -0.406 e. The summed E-state index contributed by atoms with van der Waals surface area (Å²) < 4.78 is 40.5. The lowest BCUT2D eigenvalue weighted by molar-refractivity contribution is -0.274. The molecule has 0 aliphatic carbocycles. The molecule has 0 aliphatic rings. The number of hydrogen-bond acceptors (Lipinski definition) is 3. The van der Waals surface area contributed by atoms with E-state index in [1.807, 2.05) is 31.2 Å². The molecule has 0 aromatic heterocycles. The second-order valence-corrected chi connectivity index (χ2v) is 6.06. The molecule has 2 rings (SSSR count). The first-order valence-corrected chi connectivity index (χ1v) is 8.72. The van der Waals surface area contributed by atoms with Gasteiger partial charge in [0.25, 0.3) is 0 Å². The Balaban J connectivity index is 0.00000392. The molecule has 154 valence electrons. The lowest BCUT2D eigenvalue weighted by Crippen LogP contribution is -2.42. The van der Waals surface area contributed by atoms with E-state index < -0.39 is 6.36 Å². The van der Waals surface area contributed by atoms with Gasteiger partial charge in [-0.15, -0.1) is 25.6 Å². The van der Waals surface area contributed by atoms with Crippen molar-refractivity contribution in [1.29, 1.82) is 0 Å². The summed E-state index contributed by atoms with van der Waals surface area (Å²) >= 11 is 0. The number of amides is 1. The van der Waals surface area contributed by atoms with Crippen molar-refractivity contribution in [2.75, 3.05) is 13.6 Å². The van der Waals surface area contributed by atoms with Gasteiger partial charge in [0.1, 0.15) is 5.75 Å². The van der Waals surface area contributed by atoms with Gasteiger partial charge in [-0.3, -0.25) is 4.79 Å². The topological polar surface area (TPSA) is 50.4 Å². The van der Waals surface area contributed by atoms with Crippen LogP contribution in [0, 0.1) is 0 Å². The Bertz CT molecular complexity index is 731. The molecule has 1 amide bonds. The summed E-state index contributed by atoms with van der Waals surface area (Å²) in [7, 11) is 1.76. The fraction of sp³-hybridized carbons (Fsp3) is 0.350. The number of rotatable bonds is 8. The third-order valence-electron chi connectivity index (χ3n) is 4.16. The van der Waals surface area contributed by atoms with Crippen molar-refractivity contribution in [2.24, 2.45) is 0 Å². The molecule has 28 heavy (non-hydrogen) atoms. The summed E-state index contributed by atoms with van der Waals surface area (Å²) in [6.45, 7) is 2.49. The van der Waals surface area contributed by atoms with Crippen molar-refractivity contribution in [3.63, 3.8) is 0 Å². The van der Waals surface area contributed by atoms with Gasteiger partial charge >= 0.3 is 6.36 Å². The quantitative estimate of drug-likeness (QED) is 0.673. The van der Waals surface area contributed by atoms with Crippen molar-refractivity contribution in [3.8, 4) is 16.9 Å². The zero-order valence-corrected chi connectivity index (χ0v) is 16.5. The number of nitrogens with one attached hydrogen (secondary N) is 2. The molecule has 2 aromatic rings. The molecule has 0 aliphatic heterocycles. The van der Waals surface area contributed by atoms with Crippen LogP contribution in [0.3, 0.4) is 0 Å². The predicted molar refractivity (Wildman–Crippen MR) is 106 cm³/mol. The summed E-state index contributed by atoms with van der Waals surface area (Å²) in [5.74, 6) is -0.261. The highest BCUT2D eigenvalue weighted by Gasteiger charge is 2.30. The number of hydrogen-bond donors (Lipinski definition) is 2. The fourth-order valence-corrected chi connectivity index (χ4v) is 2.69. The Morgan fingerprint density at radius 1 is 1.04 bits per heavy atom. The smallest absolute Gasteiger partial charge is 0.406 e. The minimum absolute atomic E-state index is 0. The highest BCUT2D eigenvalue weighted by molar-refractivity contribution is 5.85. The lowest BCUT2D eigenvalue weighted by atomic mass is 10.0. The molecular weight excluding hydrogens is 393 g/mol. The van der Waals surface area contributed by atoms with E-state index in [0.717, 1.165) is 23.1 Å². The maximum absolute atomic E-state index is 12.2. The molecular formula is C20H24ClF3N2O2. The van der Waals surface area contributed by atoms with Crippen LogP contribution in [0.25, 0.3) is 11.1 Å². The zero-order chi connectivity index (χ0) is 19.9. The van der Waals surface area contributed by atoms with Crippen LogP contribution in [0.2, 0.25) is 0 Å². The van der Waals surface area contributed by atoms with Crippen LogP contribution in [0.1, 0.15) is 18.9 Å². The number of alkyl halides is 3. The Morgan fingerprint density at radius 2 is 1.57 bits per heavy atom. The summed E-state index contributed by atoms with van der Waals surface area (Å²) in [5.41, 5.74) is 2.75. The van der Waals surface area contributed by atoms with Gasteiger partial charge in [-0.05, 0) is 48.7 Å². The first kappa shape index (κ1) is 23.8. The number of benzene rings is 2. The molecule has 0 radical (unpaired) electrons. The van der Waals surface area contributed by atoms with Gasteiger partial charge in [0, 0.05) is 6.54 Å². The summed E-state index contributed by atoms with van der Waals surface area (Å²) in [4.78, 5) is 11.9. The Hall–Kier alpha value is -2.25. The maximum atomic E-state index is 12.2. The Kier molecular flexibility index (Phi) is 9.28. The highest BCUT2D eigenvalue weighted by atomic mass is 35.5. The largest absolute Gasteiger partial charge is 0.573 e. The SMILES string of the molecule is CC[C@H](NC)C(=O)NCCc1ccc(-c2ccc(OC(F)(F)F)cc2)cc1.Cl. The minimum atomic E-state index is -4.69. The van der Waals surface area contributed by atoms with Gasteiger partial charge in [-0.1, -0.05) is 43.3 Å². The number of ether oxygens (including phenoxy) is 1. The lowest BCUT2D eigenvalue weighted by Gasteiger charge is -2.14. The van der Waals surface area contributed by atoms with E-state index in [4.69, 9.17) is 0 Å². The molecule has 0 fully saturated rings. The molecule has 0 saturated heterocycles. The summed E-state index contributed by atoms with van der Waals surface area (Å²) in [6.07, 6.45) is -3.27. The maximum Gasteiger partial charge on any atom is 0.573 e. The van der Waals surface area contributed by atoms with Crippen LogP contribution in [-0.2, 0) is 11.2 Å². The van der Waals surface area contributed by atoms with Crippen LogP contribution in [0.4, 0.5) is 13.2 Å². The molecule has 2 N–H and O–H groups in total. The third kappa shape index (κ3) is 7.40. The van der Waals surface area contributed by atoms with Crippen molar-refractivity contribution < 1.29 is 22.7 Å². The monoisotopic (exact) mass is 416 g/mol. The van der Waals surface area contributed by atoms with Crippen LogP contribution < -0.4 is 15.4 Å². The second-order valence-electron chi connectivity index (χ2n) is 6.06. The van der Waals surface area contributed by atoms with E-state index in [0.29, 0.717) is 13.0 Å². The molecule has 0 unspecified atom stereocenters. The van der Waals surface area contributed by atoms with Gasteiger partial charge in [-0.25, -0.2) is 0 Å². The predicted octanol–water partition coefficient (Wildman–Crippen LogP) is 4.33. The Labute approximate surface area is 168 Å². The van der Waals surface area contributed by atoms with E-state index in [9.17, 15) is 18.0 Å². The van der Waals surface area contributed by atoms with Crippen LogP contribution in [-0.4, -0.2) is 31.9 Å². The van der Waals surface area contributed by atoms with Crippen LogP contribution in [0.15, 0.2) is 48.5 Å². The van der Waals surface area contributed by atoms with E-state index >= 15 is 0 Å². The number of carbonyl (C=O) groups excluding carboxylic acids is 1.